The Morgan fingerprint density at radius 2 is 1.77 bits per heavy atom. The van der Waals surface area contributed by atoms with E-state index in [0.717, 1.165) is 49.4 Å². The molecule has 162 valence electrons. The summed E-state index contributed by atoms with van der Waals surface area (Å²) < 4.78 is 52.9. The van der Waals surface area contributed by atoms with E-state index in [1.165, 1.54) is 18.2 Å². The number of hydrogen-bond donors (Lipinski definition) is 1. The molecule has 4 nitrogen and oxygen atoms in total. The molecule has 3 aromatic rings. The van der Waals surface area contributed by atoms with Crippen molar-refractivity contribution in [3.05, 3.63) is 64.4 Å². The molecule has 0 atom stereocenters. The van der Waals surface area contributed by atoms with Gasteiger partial charge in [0.15, 0.2) is 0 Å². The van der Waals surface area contributed by atoms with Crippen molar-refractivity contribution in [2.24, 2.45) is 0 Å². The van der Waals surface area contributed by atoms with Gasteiger partial charge in [0, 0.05) is 18.7 Å². The van der Waals surface area contributed by atoms with E-state index in [2.05, 4.69) is 10.3 Å². The van der Waals surface area contributed by atoms with E-state index in [1.54, 1.807) is 19.1 Å². The van der Waals surface area contributed by atoms with Gasteiger partial charge in [0.25, 0.3) is 5.91 Å². The Bertz CT molecular complexity index is 1100. The molecule has 4 rings (SSSR count). The average Bonchev–Trinajstić information content (AvgIpc) is 3.39. The van der Waals surface area contributed by atoms with Crippen LogP contribution in [-0.4, -0.2) is 24.0 Å². The molecule has 1 fully saturated rings. The number of para-hydroxylation sites is 1. The summed E-state index contributed by atoms with van der Waals surface area (Å²) in [5.74, 6) is -1.03. The van der Waals surface area contributed by atoms with Crippen LogP contribution < -0.4 is 10.2 Å². The van der Waals surface area contributed by atoms with Gasteiger partial charge in [0.1, 0.15) is 21.4 Å². The fourth-order valence-electron chi connectivity index (χ4n) is 3.56. The maximum atomic E-state index is 14.5. The third kappa shape index (κ3) is 4.41. The van der Waals surface area contributed by atoms with Crippen molar-refractivity contribution in [1.82, 2.24) is 4.98 Å². The van der Waals surface area contributed by atoms with Crippen molar-refractivity contribution in [1.29, 1.82) is 0 Å². The van der Waals surface area contributed by atoms with Crippen molar-refractivity contribution in [3.8, 4) is 10.6 Å². The quantitative estimate of drug-likeness (QED) is 0.488. The number of alkyl halides is 3. The number of amides is 1. The molecule has 0 spiro atoms. The van der Waals surface area contributed by atoms with Crippen molar-refractivity contribution in [3.63, 3.8) is 0 Å². The number of carbonyl (C=O) groups excluding carboxylic acids is 1. The van der Waals surface area contributed by atoms with Gasteiger partial charge in [-0.15, -0.1) is 11.3 Å². The Labute approximate surface area is 180 Å². The molecule has 0 bridgehead atoms. The fourth-order valence-corrected chi connectivity index (χ4v) is 4.53. The van der Waals surface area contributed by atoms with Gasteiger partial charge < -0.3 is 10.2 Å². The predicted molar refractivity (Wildman–Crippen MR) is 113 cm³/mol. The van der Waals surface area contributed by atoms with E-state index >= 15 is 0 Å². The van der Waals surface area contributed by atoms with Crippen molar-refractivity contribution in [2.45, 2.75) is 25.9 Å². The van der Waals surface area contributed by atoms with Gasteiger partial charge in [-0.2, -0.15) is 13.2 Å². The highest BCUT2D eigenvalue weighted by Gasteiger charge is 2.30. The summed E-state index contributed by atoms with van der Waals surface area (Å²) in [7, 11) is 0. The first kappa shape index (κ1) is 21.3. The lowest BCUT2D eigenvalue weighted by Crippen LogP contribution is -2.22. The second-order valence-electron chi connectivity index (χ2n) is 7.29. The zero-order chi connectivity index (χ0) is 22.2. The van der Waals surface area contributed by atoms with Gasteiger partial charge in [-0.05, 0) is 44.0 Å². The summed E-state index contributed by atoms with van der Waals surface area (Å²) in [5, 5.41) is 3.09. The zero-order valence-electron chi connectivity index (χ0n) is 16.6. The molecule has 0 saturated carbocycles. The maximum Gasteiger partial charge on any atom is 0.416 e. The van der Waals surface area contributed by atoms with E-state index in [-0.39, 0.29) is 10.6 Å². The SMILES string of the molecule is Cc1nc(-c2ccc(C(F)(F)F)cc2)sc1C(=O)Nc1c(F)cccc1N1CCCC1. The lowest BCUT2D eigenvalue weighted by Gasteiger charge is -2.21. The van der Waals surface area contributed by atoms with Crippen LogP contribution in [0.4, 0.5) is 28.9 Å². The minimum absolute atomic E-state index is 0.123. The van der Waals surface area contributed by atoms with Crippen molar-refractivity contribution in [2.75, 3.05) is 23.3 Å². The van der Waals surface area contributed by atoms with Gasteiger partial charge in [-0.25, -0.2) is 9.37 Å². The van der Waals surface area contributed by atoms with Gasteiger partial charge in [-0.1, -0.05) is 18.2 Å². The first-order chi connectivity index (χ1) is 14.7. The van der Waals surface area contributed by atoms with Gasteiger partial charge >= 0.3 is 6.18 Å². The number of carbonyl (C=O) groups is 1. The number of thiazole rings is 1. The van der Waals surface area contributed by atoms with Crippen LogP contribution in [0.2, 0.25) is 0 Å². The highest BCUT2D eigenvalue weighted by molar-refractivity contribution is 7.17. The molecule has 2 aromatic carbocycles. The van der Waals surface area contributed by atoms with E-state index in [0.29, 0.717) is 22.0 Å². The number of hydrogen-bond acceptors (Lipinski definition) is 4. The van der Waals surface area contributed by atoms with Gasteiger partial charge in [0.2, 0.25) is 0 Å². The number of nitrogens with zero attached hydrogens (tertiary/aromatic N) is 2. The standard InChI is InChI=1S/C22H19F4N3OS/c1-13-19(31-21(27-13)14-7-9-15(10-8-14)22(24,25)26)20(30)28-18-16(23)5-4-6-17(18)29-11-2-3-12-29/h4-10H,2-3,11-12H2,1H3,(H,28,30). The molecule has 1 aromatic heterocycles. The van der Waals surface area contributed by atoms with Crippen LogP contribution >= 0.6 is 11.3 Å². The zero-order valence-corrected chi connectivity index (χ0v) is 17.4. The van der Waals surface area contributed by atoms with Crippen LogP contribution in [0.25, 0.3) is 10.6 Å². The summed E-state index contributed by atoms with van der Waals surface area (Å²) in [6.07, 6.45) is -2.40. The normalized spacial score (nSPS) is 14.2. The number of anilines is 2. The summed E-state index contributed by atoms with van der Waals surface area (Å²) >= 11 is 1.06. The molecule has 1 saturated heterocycles. The smallest absolute Gasteiger partial charge is 0.370 e. The molecule has 1 N–H and O–H groups in total. The van der Waals surface area contributed by atoms with Crippen molar-refractivity contribution >= 4 is 28.6 Å². The third-order valence-corrected chi connectivity index (χ3v) is 6.34. The summed E-state index contributed by atoms with van der Waals surface area (Å²) in [4.78, 5) is 19.6. The second-order valence-corrected chi connectivity index (χ2v) is 8.29. The highest BCUT2D eigenvalue weighted by Crippen LogP contribution is 2.35. The monoisotopic (exact) mass is 449 g/mol. The van der Waals surface area contributed by atoms with Crippen LogP contribution in [0, 0.1) is 12.7 Å². The fraction of sp³-hybridized carbons (Fsp3) is 0.273. The highest BCUT2D eigenvalue weighted by atomic mass is 32.1. The summed E-state index contributed by atoms with van der Waals surface area (Å²) in [6, 6.07) is 9.29. The van der Waals surface area contributed by atoms with Crippen LogP contribution in [0.3, 0.4) is 0 Å². The number of aromatic nitrogens is 1. The van der Waals surface area contributed by atoms with Gasteiger partial charge in [0.05, 0.1) is 16.9 Å². The number of nitrogens with one attached hydrogen (secondary N) is 1. The van der Waals surface area contributed by atoms with Crippen molar-refractivity contribution < 1.29 is 22.4 Å². The molecule has 31 heavy (non-hydrogen) atoms. The largest absolute Gasteiger partial charge is 0.416 e. The average molecular weight is 449 g/mol. The molecule has 0 aliphatic carbocycles. The minimum Gasteiger partial charge on any atom is -0.370 e. The molecular weight excluding hydrogens is 430 g/mol. The molecular formula is C22H19F4N3OS. The number of halogens is 4. The van der Waals surface area contributed by atoms with Gasteiger partial charge in [-0.3, -0.25) is 4.79 Å². The van der Waals surface area contributed by atoms with E-state index in [9.17, 15) is 22.4 Å². The minimum atomic E-state index is -4.42. The summed E-state index contributed by atoms with van der Waals surface area (Å²) in [5.41, 5.74) is 0.908. The van der Waals surface area contributed by atoms with Crippen LogP contribution in [-0.2, 0) is 6.18 Å². The lowest BCUT2D eigenvalue weighted by molar-refractivity contribution is -0.137. The topological polar surface area (TPSA) is 45.2 Å². The van der Waals surface area contributed by atoms with E-state index in [1.807, 2.05) is 4.90 Å². The Kier molecular flexibility index (Phi) is 5.70. The molecule has 1 amide bonds. The van der Waals surface area contributed by atoms with Crippen LogP contribution in [0.1, 0.15) is 33.8 Å². The first-order valence-corrected chi connectivity index (χ1v) is 10.6. The number of benzene rings is 2. The summed E-state index contributed by atoms with van der Waals surface area (Å²) in [6.45, 7) is 3.23. The molecule has 1 aliphatic heterocycles. The molecule has 0 unspecified atom stereocenters. The third-order valence-electron chi connectivity index (χ3n) is 5.14. The number of rotatable bonds is 4. The number of aryl methyl sites for hydroxylation is 1. The van der Waals surface area contributed by atoms with E-state index < -0.39 is 23.5 Å². The van der Waals surface area contributed by atoms with E-state index in [4.69, 9.17) is 0 Å². The second kappa shape index (κ2) is 8.30. The Morgan fingerprint density at radius 3 is 2.42 bits per heavy atom. The lowest BCUT2D eigenvalue weighted by atomic mass is 10.1. The first-order valence-electron chi connectivity index (χ1n) is 9.74. The molecule has 0 radical (unpaired) electrons. The Hall–Kier alpha value is -2.94. The predicted octanol–water partition coefficient (Wildman–Crippen LogP) is 6.13. The Balaban J connectivity index is 1.59. The van der Waals surface area contributed by atoms with Crippen LogP contribution in [0.15, 0.2) is 42.5 Å². The molecule has 2 heterocycles. The molecule has 9 heteroatoms. The molecule has 1 aliphatic rings. The van der Waals surface area contributed by atoms with Crippen LogP contribution in [0.5, 0.6) is 0 Å². The maximum absolute atomic E-state index is 14.5. The Morgan fingerprint density at radius 1 is 1.10 bits per heavy atom.